The first-order valence-electron chi connectivity index (χ1n) is 13.9. The molecular formula is C30H33N3O6. The summed E-state index contributed by atoms with van der Waals surface area (Å²) < 4.78 is 12.1. The van der Waals surface area contributed by atoms with Crippen molar-refractivity contribution in [2.24, 2.45) is 11.8 Å². The Balaban J connectivity index is 1.14. The molecule has 4 amide bonds. The molecule has 3 aliphatic heterocycles. The van der Waals surface area contributed by atoms with Crippen LogP contribution >= 0.6 is 0 Å². The maximum atomic E-state index is 13.0. The number of imide groups is 1. The molecule has 2 aromatic carbocycles. The Morgan fingerprint density at radius 3 is 2.54 bits per heavy atom. The quantitative estimate of drug-likeness (QED) is 0.571. The van der Waals surface area contributed by atoms with Crippen molar-refractivity contribution in [2.45, 2.75) is 63.8 Å². The minimum Gasteiger partial charge on any atom is -0.488 e. The maximum Gasteiger partial charge on any atom is 0.410 e. The van der Waals surface area contributed by atoms with E-state index < -0.39 is 11.9 Å². The van der Waals surface area contributed by atoms with Crippen molar-refractivity contribution >= 4 is 23.8 Å². The monoisotopic (exact) mass is 531 g/mol. The molecule has 1 aliphatic carbocycles. The lowest BCUT2D eigenvalue weighted by molar-refractivity contribution is -0.136. The van der Waals surface area contributed by atoms with Crippen LogP contribution in [0.5, 0.6) is 5.75 Å². The Bertz CT molecular complexity index is 1270. The molecule has 1 saturated carbocycles. The van der Waals surface area contributed by atoms with E-state index in [0.29, 0.717) is 43.3 Å². The number of carbonyl (C=O) groups is 4. The standard InChI is InChI=1S/C30H33N3O6/c34-27-13-12-25(28(35)31-27)33-15-21-14-22(10-11-23(21)29(33)36)39-26-17-32(16-24(26)20-8-4-5-9-20)30(37)38-18-19-6-2-1-3-7-19/h1-3,6-7,10-11,14,20,24-26H,4-5,8-9,12-13,15-18H2,(H,31,34,35)/t24-,25-,26+/m0/s1. The van der Waals surface area contributed by atoms with Crippen LogP contribution in [-0.2, 0) is 27.5 Å². The van der Waals surface area contributed by atoms with Gasteiger partial charge in [-0.2, -0.15) is 0 Å². The molecular weight excluding hydrogens is 498 g/mol. The van der Waals surface area contributed by atoms with Crippen molar-refractivity contribution in [3.05, 3.63) is 65.2 Å². The Kier molecular flexibility index (Phi) is 6.97. The zero-order valence-electron chi connectivity index (χ0n) is 21.8. The van der Waals surface area contributed by atoms with Gasteiger partial charge < -0.3 is 19.3 Å². The molecule has 2 saturated heterocycles. The zero-order valence-corrected chi connectivity index (χ0v) is 21.8. The number of nitrogens with zero attached hydrogens (tertiary/aromatic N) is 2. The van der Waals surface area contributed by atoms with Gasteiger partial charge in [0, 0.05) is 31.0 Å². The molecule has 1 N–H and O–H groups in total. The summed E-state index contributed by atoms with van der Waals surface area (Å²) in [6, 6.07) is 14.4. The summed E-state index contributed by atoms with van der Waals surface area (Å²) in [4.78, 5) is 53.2. The van der Waals surface area contributed by atoms with Gasteiger partial charge in [0.05, 0.1) is 6.54 Å². The number of hydrogen-bond donors (Lipinski definition) is 1. The molecule has 0 spiro atoms. The number of nitrogens with one attached hydrogen (secondary N) is 1. The lowest BCUT2D eigenvalue weighted by Crippen LogP contribution is -2.52. The van der Waals surface area contributed by atoms with E-state index >= 15 is 0 Å². The molecule has 3 fully saturated rings. The highest BCUT2D eigenvalue weighted by Gasteiger charge is 2.43. The van der Waals surface area contributed by atoms with Crippen LogP contribution in [0.2, 0.25) is 0 Å². The summed E-state index contributed by atoms with van der Waals surface area (Å²) in [7, 11) is 0. The lowest BCUT2D eigenvalue weighted by Gasteiger charge is -2.29. The molecule has 0 radical (unpaired) electrons. The molecule has 3 atom stereocenters. The molecule has 0 aromatic heterocycles. The predicted molar refractivity (Wildman–Crippen MR) is 141 cm³/mol. The number of amides is 4. The van der Waals surface area contributed by atoms with Crippen LogP contribution in [0, 0.1) is 11.8 Å². The molecule has 4 aliphatic rings. The Labute approximate surface area is 227 Å². The highest BCUT2D eigenvalue weighted by Crippen LogP contribution is 2.39. The van der Waals surface area contributed by atoms with E-state index in [1.807, 2.05) is 36.4 Å². The van der Waals surface area contributed by atoms with E-state index in [-0.39, 0.29) is 43.0 Å². The van der Waals surface area contributed by atoms with Crippen LogP contribution in [0.1, 0.15) is 60.0 Å². The van der Waals surface area contributed by atoms with E-state index in [4.69, 9.17) is 9.47 Å². The summed E-state index contributed by atoms with van der Waals surface area (Å²) in [5, 5.41) is 2.34. The van der Waals surface area contributed by atoms with Gasteiger partial charge >= 0.3 is 6.09 Å². The van der Waals surface area contributed by atoms with E-state index in [1.165, 1.54) is 17.7 Å². The van der Waals surface area contributed by atoms with Gasteiger partial charge in [0.2, 0.25) is 11.8 Å². The summed E-state index contributed by atoms with van der Waals surface area (Å²) in [5.41, 5.74) is 2.30. The first kappa shape index (κ1) is 25.4. The summed E-state index contributed by atoms with van der Waals surface area (Å²) in [6.07, 6.45) is 4.72. The topological polar surface area (TPSA) is 105 Å². The second kappa shape index (κ2) is 10.7. The van der Waals surface area contributed by atoms with E-state index in [2.05, 4.69) is 5.32 Å². The van der Waals surface area contributed by atoms with Gasteiger partial charge in [0.25, 0.3) is 5.91 Å². The third-order valence-corrected chi connectivity index (χ3v) is 8.56. The minimum absolute atomic E-state index is 0.168. The van der Waals surface area contributed by atoms with Gasteiger partial charge in [-0.1, -0.05) is 43.2 Å². The highest BCUT2D eigenvalue weighted by molar-refractivity contribution is 6.05. The average Bonchev–Trinajstić information content (AvgIpc) is 3.68. The number of benzene rings is 2. The van der Waals surface area contributed by atoms with Crippen molar-refractivity contribution < 1.29 is 28.7 Å². The van der Waals surface area contributed by atoms with Crippen molar-refractivity contribution in [1.29, 1.82) is 0 Å². The van der Waals surface area contributed by atoms with Crippen LogP contribution in [0.15, 0.2) is 48.5 Å². The highest BCUT2D eigenvalue weighted by atomic mass is 16.6. The van der Waals surface area contributed by atoms with Gasteiger partial charge in [0.1, 0.15) is 24.5 Å². The van der Waals surface area contributed by atoms with Gasteiger partial charge in [-0.05, 0) is 54.5 Å². The van der Waals surface area contributed by atoms with E-state index in [9.17, 15) is 19.2 Å². The summed E-state index contributed by atoms with van der Waals surface area (Å²) in [5.74, 6) is 0.436. The Morgan fingerprint density at radius 1 is 0.974 bits per heavy atom. The summed E-state index contributed by atoms with van der Waals surface area (Å²) >= 11 is 0. The first-order valence-corrected chi connectivity index (χ1v) is 13.9. The van der Waals surface area contributed by atoms with Gasteiger partial charge in [0.15, 0.2) is 0 Å². The smallest absolute Gasteiger partial charge is 0.410 e. The van der Waals surface area contributed by atoms with E-state index in [0.717, 1.165) is 24.0 Å². The number of likely N-dealkylation sites (tertiary alicyclic amines) is 1. The molecule has 9 nitrogen and oxygen atoms in total. The molecule has 0 bridgehead atoms. The fourth-order valence-corrected chi connectivity index (χ4v) is 6.52. The molecule has 39 heavy (non-hydrogen) atoms. The molecule has 0 unspecified atom stereocenters. The number of fused-ring (bicyclic) bond motifs is 1. The minimum atomic E-state index is -0.649. The third-order valence-electron chi connectivity index (χ3n) is 8.56. The van der Waals surface area contributed by atoms with Gasteiger partial charge in [-0.3, -0.25) is 19.7 Å². The first-order chi connectivity index (χ1) is 19.0. The zero-order chi connectivity index (χ0) is 26.9. The Morgan fingerprint density at radius 2 is 1.77 bits per heavy atom. The normalized spacial score (nSPS) is 25.1. The lowest BCUT2D eigenvalue weighted by atomic mass is 9.88. The number of piperidine rings is 1. The average molecular weight is 532 g/mol. The fourth-order valence-electron chi connectivity index (χ4n) is 6.52. The van der Waals surface area contributed by atoms with Crippen LogP contribution in [0.3, 0.4) is 0 Å². The Hall–Kier alpha value is -3.88. The summed E-state index contributed by atoms with van der Waals surface area (Å²) in [6.45, 7) is 1.59. The molecule has 9 heteroatoms. The number of rotatable bonds is 6. The second-order valence-corrected chi connectivity index (χ2v) is 11.0. The largest absolute Gasteiger partial charge is 0.488 e. The SMILES string of the molecule is O=C1CC[C@H](N2Cc3cc(O[C@@H]4CN(C(=O)OCc5ccccc5)C[C@H]4C4CCCC4)ccc3C2=O)C(=O)N1. The van der Waals surface area contributed by atoms with E-state index in [1.54, 1.807) is 17.0 Å². The van der Waals surface area contributed by atoms with Crippen molar-refractivity contribution in [3.8, 4) is 5.75 Å². The van der Waals surface area contributed by atoms with Crippen LogP contribution in [0.25, 0.3) is 0 Å². The number of carbonyl (C=O) groups excluding carboxylic acids is 4. The molecule has 2 aromatic rings. The van der Waals surface area contributed by atoms with Gasteiger partial charge in [-0.15, -0.1) is 0 Å². The maximum absolute atomic E-state index is 13.0. The fraction of sp³-hybridized carbons (Fsp3) is 0.467. The number of ether oxygens (including phenoxy) is 2. The van der Waals surface area contributed by atoms with Crippen LogP contribution < -0.4 is 10.1 Å². The molecule has 6 rings (SSSR count). The third kappa shape index (κ3) is 5.22. The van der Waals surface area contributed by atoms with Crippen LogP contribution in [-0.4, -0.2) is 58.8 Å². The molecule has 204 valence electrons. The molecule has 3 heterocycles. The van der Waals surface area contributed by atoms with Gasteiger partial charge in [-0.25, -0.2) is 4.79 Å². The second-order valence-electron chi connectivity index (χ2n) is 11.0. The van der Waals surface area contributed by atoms with Crippen molar-refractivity contribution in [1.82, 2.24) is 15.1 Å². The van der Waals surface area contributed by atoms with Crippen molar-refractivity contribution in [3.63, 3.8) is 0 Å². The number of hydrogen-bond acceptors (Lipinski definition) is 6. The van der Waals surface area contributed by atoms with Crippen molar-refractivity contribution in [2.75, 3.05) is 13.1 Å². The predicted octanol–water partition coefficient (Wildman–Crippen LogP) is 3.65. The van der Waals surface area contributed by atoms with Crippen LogP contribution in [0.4, 0.5) is 4.79 Å².